The van der Waals surface area contributed by atoms with Crippen LogP contribution in [0.1, 0.15) is 5.56 Å². The summed E-state index contributed by atoms with van der Waals surface area (Å²) in [6.45, 7) is 2.02. The van der Waals surface area contributed by atoms with Gasteiger partial charge >= 0.3 is 0 Å². The highest BCUT2D eigenvalue weighted by atomic mass is 79.9. The highest BCUT2D eigenvalue weighted by Crippen LogP contribution is 2.26. The molecule has 0 aliphatic rings. The smallest absolute Gasteiger partial charge is 0.258 e. The predicted molar refractivity (Wildman–Crippen MR) is 82.0 cm³/mol. The first-order chi connectivity index (χ1) is 9.63. The number of aryl methyl sites for hydroxylation is 1. The van der Waals surface area contributed by atoms with Crippen LogP contribution in [-0.2, 0) is 0 Å². The summed E-state index contributed by atoms with van der Waals surface area (Å²) in [7, 11) is 0. The lowest BCUT2D eigenvalue weighted by Gasteiger charge is -1.99. The van der Waals surface area contributed by atoms with Crippen molar-refractivity contribution < 1.29 is 4.52 Å². The second-order valence-electron chi connectivity index (χ2n) is 4.51. The number of benzene rings is 2. The van der Waals surface area contributed by atoms with E-state index in [9.17, 15) is 0 Å². The lowest BCUT2D eigenvalue weighted by atomic mass is 10.1. The van der Waals surface area contributed by atoms with Crippen molar-refractivity contribution in [1.29, 1.82) is 0 Å². The third kappa shape index (κ3) is 2.44. The Hall–Kier alpha value is -2.14. The zero-order valence-electron chi connectivity index (χ0n) is 10.8. The summed E-state index contributed by atoms with van der Waals surface area (Å²) >= 11 is 3.47. The van der Waals surface area contributed by atoms with Gasteiger partial charge in [-0.05, 0) is 42.8 Å². The number of hydrogen-bond donors (Lipinski definition) is 1. The Morgan fingerprint density at radius 3 is 2.70 bits per heavy atom. The molecule has 3 rings (SSSR count). The van der Waals surface area contributed by atoms with Crippen LogP contribution >= 0.6 is 15.9 Å². The molecule has 2 aromatic carbocycles. The van der Waals surface area contributed by atoms with Gasteiger partial charge in [0.05, 0.1) is 0 Å². The molecular formula is C15H12BrN3O. The van der Waals surface area contributed by atoms with Crippen molar-refractivity contribution in [1.82, 2.24) is 10.1 Å². The molecule has 0 fully saturated rings. The third-order valence-electron chi connectivity index (χ3n) is 2.98. The molecule has 0 spiro atoms. The SMILES string of the molecule is Cc1cc(-c2nc(-c3cccc(N)c3)no2)ccc1Br. The molecule has 0 radical (unpaired) electrons. The van der Waals surface area contributed by atoms with E-state index in [4.69, 9.17) is 10.3 Å². The van der Waals surface area contributed by atoms with E-state index in [1.54, 1.807) is 0 Å². The molecule has 0 saturated heterocycles. The lowest BCUT2D eigenvalue weighted by Crippen LogP contribution is -1.86. The summed E-state index contributed by atoms with van der Waals surface area (Å²) in [5, 5.41) is 4.00. The Morgan fingerprint density at radius 2 is 1.95 bits per heavy atom. The van der Waals surface area contributed by atoms with Crippen molar-refractivity contribution in [2.75, 3.05) is 5.73 Å². The topological polar surface area (TPSA) is 64.9 Å². The van der Waals surface area contributed by atoms with Crippen LogP contribution in [0, 0.1) is 6.92 Å². The van der Waals surface area contributed by atoms with E-state index in [2.05, 4.69) is 26.1 Å². The van der Waals surface area contributed by atoms with E-state index in [-0.39, 0.29) is 0 Å². The largest absolute Gasteiger partial charge is 0.399 e. The minimum absolute atomic E-state index is 0.498. The number of rotatable bonds is 2. The molecule has 0 amide bonds. The van der Waals surface area contributed by atoms with Crippen molar-refractivity contribution in [2.45, 2.75) is 6.92 Å². The molecule has 2 N–H and O–H groups in total. The Kier molecular flexibility index (Phi) is 3.28. The van der Waals surface area contributed by atoms with Gasteiger partial charge in [0, 0.05) is 21.3 Å². The van der Waals surface area contributed by atoms with Crippen molar-refractivity contribution in [2.24, 2.45) is 0 Å². The average Bonchev–Trinajstić information content (AvgIpc) is 2.92. The summed E-state index contributed by atoms with van der Waals surface area (Å²) in [5.74, 6) is 1.03. The lowest BCUT2D eigenvalue weighted by molar-refractivity contribution is 0.432. The standard InChI is InChI=1S/C15H12BrN3O/c1-9-7-11(5-6-13(9)16)15-18-14(19-20-15)10-3-2-4-12(17)8-10/h2-8H,17H2,1H3. The van der Waals surface area contributed by atoms with Crippen molar-refractivity contribution >= 4 is 21.6 Å². The molecule has 1 heterocycles. The monoisotopic (exact) mass is 329 g/mol. The van der Waals surface area contributed by atoms with Crippen molar-refractivity contribution in [3.63, 3.8) is 0 Å². The number of halogens is 1. The first kappa shape index (κ1) is 12.9. The zero-order valence-corrected chi connectivity index (χ0v) is 12.4. The zero-order chi connectivity index (χ0) is 14.1. The molecule has 20 heavy (non-hydrogen) atoms. The number of nitrogens with zero attached hydrogens (tertiary/aromatic N) is 2. The molecule has 0 aliphatic carbocycles. The normalized spacial score (nSPS) is 10.7. The molecule has 3 aromatic rings. The van der Waals surface area contributed by atoms with E-state index >= 15 is 0 Å². The van der Waals surface area contributed by atoms with Crippen LogP contribution in [0.4, 0.5) is 5.69 Å². The van der Waals surface area contributed by atoms with E-state index in [0.29, 0.717) is 17.4 Å². The van der Waals surface area contributed by atoms with Crippen LogP contribution in [0.5, 0.6) is 0 Å². The summed E-state index contributed by atoms with van der Waals surface area (Å²) in [6.07, 6.45) is 0. The van der Waals surface area contributed by atoms with Gasteiger partial charge < -0.3 is 10.3 Å². The fourth-order valence-electron chi connectivity index (χ4n) is 1.91. The molecular weight excluding hydrogens is 318 g/mol. The third-order valence-corrected chi connectivity index (χ3v) is 3.87. The first-order valence-electron chi connectivity index (χ1n) is 6.09. The maximum Gasteiger partial charge on any atom is 0.258 e. The Morgan fingerprint density at radius 1 is 1.10 bits per heavy atom. The van der Waals surface area contributed by atoms with Gasteiger partial charge in [-0.25, -0.2) is 0 Å². The number of nitrogens with two attached hydrogens (primary N) is 1. The molecule has 4 nitrogen and oxygen atoms in total. The maximum atomic E-state index is 5.76. The van der Waals surface area contributed by atoms with Crippen molar-refractivity contribution in [3.05, 3.63) is 52.5 Å². The van der Waals surface area contributed by atoms with E-state index < -0.39 is 0 Å². The summed E-state index contributed by atoms with van der Waals surface area (Å²) in [5.41, 5.74) is 9.29. The second kappa shape index (κ2) is 5.09. The predicted octanol–water partition coefficient (Wildman–Crippen LogP) is 4.06. The van der Waals surface area contributed by atoms with Gasteiger partial charge in [-0.15, -0.1) is 0 Å². The first-order valence-corrected chi connectivity index (χ1v) is 6.89. The molecule has 0 saturated carbocycles. The van der Waals surface area contributed by atoms with Gasteiger partial charge in [0.15, 0.2) is 0 Å². The average molecular weight is 330 g/mol. The summed E-state index contributed by atoms with van der Waals surface area (Å²) in [4.78, 5) is 4.41. The quantitative estimate of drug-likeness (QED) is 0.720. The minimum atomic E-state index is 0.498. The van der Waals surface area contributed by atoms with Crippen molar-refractivity contribution in [3.8, 4) is 22.8 Å². The van der Waals surface area contributed by atoms with Crippen LogP contribution in [-0.4, -0.2) is 10.1 Å². The van der Waals surface area contributed by atoms with Gasteiger partial charge in [-0.2, -0.15) is 4.98 Å². The van der Waals surface area contributed by atoms with E-state index in [0.717, 1.165) is 21.2 Å². The van der Waals surface area contributed by atoms with Crippen LogP contribution < -0.4 is 5.73 Å². The van der Waals surface area contributed by atoms with E-state index in [1.807, 2.05) is 49.4 Å². The molecule has 0 aliphatic heterocycles. The minimum Gasteiger partial charge on any atom is -0.399 e. The number of hydrogen-bond acceptors (Lipinski definition) is 4. The fraction of sp³-hybridized carbons (Fsp3) is 0.0667. The molecule has 5 heteroatoms. The Balaban J connectivity index is 1.99. The van der Waals surface area contributed by atoms with Crippen LogP contribution in [0.3, 0.4) is 0 Å². The van der Waals surface area contributed by atoms with Crippen LogP contribution in [0.25, 0.3) is 22.8 Å². The molecule has 100 valence electrons. The summed E-state index contributed by atoms with van der Waals surface area (Å²) in [6, 6.07) is 13.3. The number of nitrogen functional groups attached to an aromatic ring is 1. The maximum absolute atomic E-state index is 5.76. The van der Waals surface area contributed by atoms with Gasteiger partial charge in [0.2, 0.25) is 5.82 Å². The van der Waals surface area contributed by atoms with Gasteiger partial charge in [-0.1, -0.05) is 33.2 Å². The molecule has 0 bridgehead atoms. The number of anilines is 1. The van der Waals surface area contributed by atoms with Gasteiger partial charge in [-0.3, -0.25) is 0 Å². The molecule has 0 unspecified atom stereocenters. The Bertz CT molecular complexity index is 767. The van der Waals surface area contributed by atoms with Gasteiger partial charge in [0.1, 0.15) is 0 Å². The van der Waals surface area contributed by atoms with Crippen LogP contribution in [0.15, 0.2) is 51.5 Å². The highest BCUT2D eigenvalue weighted by Gasteiger charge is 2.11. The highest BCUT2D eigenvalue weighted by molar-refractivity contribution is 9.10. The number of aromatic nitrogens is 2. The Labute approximate surface area is 124 Å². The molecule has 0 atom stereocenters. The molecule has 1 aromatic heterocycles. The van der Waals surface area contributed by atoms with E-state index in [1.165, 1.54) is 0 Å². The second-order valence-corrected chi connectivity index (χ2v) is 5.37. The van der Waals surface area contributed by atoms with Gasteiger partial charge in [0.25, 0.3) is 5.89 Å². The fourth-order valence-corrected chi connectivity index (χ4v) is 2.16. The summed E-state index contributed by atoms with van der Waals surface area (Å²) < 4.78 is 6.38. The van der Waals surface area contributed by atoms with Crippen LogP contribution in [0.2, 0.25) is 0 Å².